The van der Waals surface area contributed by atoms with Gasteiger partial charge in [-0.1, -0.05) is 0 Å². The normalized spacial score (nSPS) is 23.1. The Balaban J connectivity index is 1.26. The van der Waals surface area contributed by atoms with Gasteiger partial charge < -0.3 is 14.4 Å². The molecule has 0 radical (unpaired) electrons. The van der Waals surface area contributed by atoms with Crippen molar-refractivity contribution in [1.29, 1.82) is 0 Å². The Bertz CT molecular complexity index is 830. The molecule has 0 spiro atoms. The molecule has 0 bridgehead atoms. The van der Waals surface area contributed by atoms with E-state index in [2.05, 4.69) is 30.7 Å². The van der Waals surface area contributed by atoms with Gasteiger partial charge in [-0.15, -0.1) is 11.3 Å². The lowest BCUT2D eigenvalue weighted by Gasteiger charge is -2.40. The van der Waals surface area contributed by atoms with E-state index < -0.39 is 0 Å². The molecular formula is C20H28ClN5O2S. The molecule has 0 aliphatic carbocycles. The standard InChI is InChI=1S/C20H28ClN5O2S/c21-20-22-17-13-16(29-18(17)19(23-20)26-7-11-28-12-8-26)14-24-3-5-25(6-4-24)15-1-9-27-10-2-15/h13,15H,1-12,14H2. The number of piperazine rings is 1. The Labute approximate surface area is 180 Å². The zero-order valence-corrected chi connectivity index (χ0v) is 18.3. The molecule has 0 N–H and O–H groups in total. The average Bonchev–Trinajstić information content (AvgIpc) is 3.17. The van der Waals surface area contributed by atoms with Crippen molar-refractivity contribution in [2.45, 2.75) is 25.4 Å². The zero-order chi connectivity index (χ0) is 19.6. The molecule has 9 heteroatoms. The molecule has 3 saturated heterocycles. The van der Waals surface area contributed by atoms with Crippen molar-refractivity contribution in [2.24, 2.45) is 0 Å². The van der Waals surface area contributed by atoms with E-state index in [0.29, 0.717) is 11.3 Å². The van der Waals surface area contributed by atoms with Crippen molar-refractivity contribution in [1.82, 2.24) is 19.8 Å². The monoisotopic (exact) mass is 437 g/mol. The van der Waals surface area contributed by atoms with Crippen LogP contribution in [0.2, 0.25) is 5.28 Å². The minimum Gasteiger partial charge on any atom is -0.381 e. The summed E-state index contributed by atoms with van der Waals surface area (Å²) in [6.07, 6.45) is 2.36. The Hall–Kier alpha value is -1.03. The number of rotatable bonds is 4. The van der Waals surface area contributed by atoms with E-state index in [1.807, 2.05) is 11.3 Å². The molecule has 0 unspecified atom stereocenters. The van der Waals surface area contributed by atoms with E-state index in [4.69, 9.17) is 21.1 Å². The van der Waals surface area contributed by atoms with Crippen LogP contribution < -0.4 is 4.90 Å². The number of morpholine rings is 1. The van der Waals surface area contributed by atoms with E-state index in [9.17, 15) is 0 Å². The van der Waals surface area contributed by atoms with Crippen LogP contribution in [0.1, 0.15) is 17.7 Å². The molecule has 0 aromatic carbocycles. The first-order valence-electron chi connectivity index (χ1n) is 10.6. The maximum Gasteiger partial charge on any atom is 0.224 e. The van der Waals surface area contributed by atoms with Gasteiger partial charge in [0.25, 0.3) is 0 Å². The summed E-state index contributed by atoms with van der Waals surface area (Å²) in [5.74, 6) is 0.962. The number of halogens is 1. The molecule has 158 valence electrons. The zero-order valence-electron chi connectivity index (χ0n) is 16.7. The highest BCUT2D eigenvalue weighted by molar-refractivity contribution is 7.19. The van der Waals surface area contributed by atoms with Gasteiger partial charge in [0.15, 0.2) is 5.82 Å². The summed E-state index contributed by atoms with van der Waals surface area (Å²) in [5.41, 5.74) is 0.965. The van der Waals surface area contributed by atoms with Crippen LogP contribution in [-0.2, 0) is 16.0 Å². The van der Waals surface area contributed by atoms with Crippen LogP contribution in [0, 0.1) is 0 Å². The first-order valence-corrected chi connectivity index (χ1v) is 11.8. The van der Waals surface area contributed by atoms with Crippen LogP contribution in [0.4, 0.5) is 5.82 Å². The number of fused-ring (bicyclic) bond motifs is 1. The third kappa shape index (κ3) is 4.52. The molecule has 7 nitrogen and oxygen atoms in total. The second-order valence-electron chi connectivity index (χ2n) is 8.00. The van der Waals surface area contributed by atoms with Gasteiger partial charge in [-0.05, 0) is 30.5 Å². The van der Waals surface area contributed by atoms with Gasteiger partial charge in [-0.3, -0.25) is 9.80 Å². The van der Waals surface area contributed by atoms with E-state index in [1.165, 1.54) is 17.7 Å². The van der Waals surface area contributed by atoms with Crippen molar-refractivity contribution < 1.29 is 9.47 Å². The van der Waals surface area contributed by atoms with Crippen LogP contribution in [0.5, 0.6) is 0 Å². The summed E-state index contributed by atoms with van der Waals surface area (Å²) in [4.78, 5) is 17.9. The molecule has 3 aliphatic rings. The summed E-state index contributed by atoms with van der Waals surface area (Å²) in [6.45, 7) is 10.5. The van der Waals surface area contributed by atoms with E-state index in [-0.39, 0.29) is 0 Å². The number of nitrogens with zero attached hydrogens (tertiary/aromatic N) is 5. The summed E-state index contributed by atoms with van der Waals surface area (Å²) < 4.78 is 12.1. The number of aromatic nitrogens is 2. The summed E-state index contributed by atoms with van der Waals surface area (Å²) in [6, 6.07) is 2.91. The van der Waals surface area contributed by atoms with Crippen molar-refractivity contribution in [3.8, 4) is 0 Å². The van der Waals surface area contributed by atoms with Crippen molar-refractivity contribution >= 4 is 39.0 Å². The number of thiophene rings is 1. The van der Waals surface area contributed by atoms with Gasteiger partial charge in [0.2, 0.25) is 5.28 Å². The molecule has 3 fully saturated rings. The third-order valence-electron chi connectivity index (χ3n) is 6.18. The average molecular weight is 438 g/mol. The largest absolute Gasteiger partial charge is 0.381 e. The highest BCUT2D eigenvalue weighted by atomic mass is 35.5. The van der Waals surface area contributed by atoms with Gasteiger partial charge in [-0.25, -0.2) is 4.98 Å². The number of hydrogen-bond donors (Lipinski definition) is 0. The quantitative estimate of drug-likeness (QED) is 0.681. The van der Waals surface area contributed by atoms with Crippen LogP contribution in [0.25, 0.3) is 10.2 Å². The molecule has 5 rings (SSSR count). The van der Waals surface area contributed by atoms with Gasteiger partial charge in [0.1, 0.15) is 0 Å². The van der Waals surface area contributed by atoms with Crippen molar-refractivity contribution in [3.05, 3.63) is 16.2 Å². The van der Waals surface area contributed by atoms with E-state index in [1.54, 1.807) is 0 Å². The molecule has 5 heterocycles. The molecule has 0 atom stereocenters. The Morgan fingerprint density at radius 3 is 2.45 bits per heavy atom. The van der Waals surface area contributed by atoms with Gasteiger partial charge in [-0.2, -0.15) is 4.98 Å². The van der Waals surface area contributed by atoms with Crippen LogP contribution in [0.15, 0.2) is 6.07 Å². The Morgan fingerprint density at radius 1 is 0.966 bits per heavy atom. The highest BCUT2D eigenvalue weighted by Crippen LogP contribution is 2.34. The Morgan fingerprint density at radius 2 is 1.69 bits per heavy atom. The summed E-state index contributed by atoms with van der Waals surface area (Å²) in [5, 5.41) is 0.327. The first-order chi connectivity index (χ1) is 14.3. The fourth-order valence-corrected chi connectivity index (χ4v) is 5.89. The predicted molar refractivity (Wildman–Crippen MR) is 116 cm³/mol. The number of hydrogen-bond acceptors (Lipinski definition) is 8. The molecule has 0 saturated carbocycles. The first kappa shape index (κ1) is 19.9. The lowest BCUT2D eigenvalue weighted by molar-refractivity contribution is 0.0127. The molecule has 29 heavy (non-hydrogen) atoms. The van der Waals surface area contributed by atoms with E-state index >= 15 is 0 Å². The fraction of sp³-hybridized carbons (Fsp3) is 0.700. The maximum atomic E-state index is 6.23. The molecular weight excluding hydrogens is 410 g/mol. The Kier molecular flexibility index (Phi) is 6.17. The van der Waals surface area contributed by atoms with Crippen molar-refractivity contribution in [3.63, 3.8) is 0 Å². The SMILES string of the molecule is Clc1nc(N2CCOCC2)c2sc(CN3CCN(C4CCOCC4)CC3)cc2n1. The molecule has 2 aromatic rings. The van der Waals surface area contributed by atoms with Crippen LogP contribution >= 0.6 is 22.9 Å². The number of anilines is 1. The lowest BCUT2D eigenvalue weighted by Crippen LogP contribution is -2.51. The van der Waals surface area contributed by atoms with Crippen LogP contribution in [-0.4, -0.2) is 91.5 Å². The lowest BCUT2D eigenvalue weighted by atomic mass is 10.1. The molecule has 3 aliphatic heterocycles. The van der Waals surface area contributed by atoms with Gasteiger partial charge in [0, 0.05) is 69.9 Å². The molecule has 2 aromatic heterocycles. The highest BCUT2D eigenvalue weighted by Gasteiger charge is 2.26. The van der Waals surface area contributed by atoms with Crippen LogP contribution in [0.3, 0.4) is 0 Å². The topological polar surface area (TPSA) is 54.0 Å². The summed E-state index contributed by atoms with van der Waals surface area (Å²) >= 11 is 8.04. The van der Waals surface area contributed by atoms with Gasteiger partial charge in [0.05, 0.1) is 23.4 Å². The van der Waals surface area contributed by atoms with E-state index in [0.717, 1.165) is 88.3 Å². The van der Waals surface area contributed by atoms with Crippen molar-refractivity contribution in [2.75, 3.05) is 70.6 Å². The smallest absolute Gasteiger partial charge is 0.224 e. The minimum atomic E-state index is 0.327. The molecule has 0 amide bonds. The minimum absolute atomic E-state index is 0.327. The third-order valence-corrected chi connectivity index (χ3v) is 7.46. The van der Waals surface area contributed by atoms with Gasteiger partial charge >= 0.3 is 0 Å². The second-order valence-corrected chi connectivity index (χ2v) is 9.47. The fourth-order valence-electron chi connectivity index (χ4n) is 4.56. The second kappa shape index (κ2) is 8.99. The maximum absolute atomic E-state index is 6.23. The summed E-state index contributed by atoms with van der Waals surface area (Å²) in [7, 11) is 0. The number of ether oxygens (including phenoxy) is 2. The predicted octanol–water partition coefficient (Wildman–Crippen LogP) is 2.48.